The van der Waals surface area contributed by atoms with Crippen molar-refractivity contribution in [1.82, 2.24) is 10.6 Å². The minimum absolute atomic E-state index is 0.133. The molecule has 110 valence electrons. The van der Waals surface area contributed by atoms with Gasteiger partial charge in [-0.05, 0) is 25.0 Å². The van der Waals surface area contributed by atoms with Crippen LogP contribution in [0.15, 0.2) is 0 Å². The lowest BCUT2D eigenvalue weighted by Gasteiger charge is -2.27. The van der Waals surface area contributed by atoms with Gasteiger partial charge >= 0.3 is 12.0 Å². The fraction of sp³-hybridized carbons (Fsp3) is 0.846. The van der Waals surface area contributed by atoms with E-state index in [1.54, 1.807) is 25.6 Å². The van der Waals surface area contributed by atoms with Gasteiger partial charge in [0.05, 0.1) is 0 Å². The van der Waals surface area contributed by atoms with Gasteiger partial charge in [0, 0.05) is 11.3 Å². The Balaban J connectivity index is 2.44. The monoisotopic (exact) mass is 288 g/mol. The minimum Gasteiger partial charge on any atom is -0.480 e. The predicted molar refractivity (Wildman–Crippen MR) is 77.5 cm³/mol. The SMILES string of the molecule is CSC1(CNC(=O)NC(C(=O)O)C(C)C)CCCC1. The van der Waals surface area contributed by atoms with Crippen molar-refractivity contribution in [2.24, 2.45) is 5.92 Å². The molecule has 5 nitrogen and oxygen atoms in total. The molecule has 3 N–H and O–H groups in total. The highest BCUT2D eigenvalue weighted by Crippen LogP contribution is 2.39. The van der Waals surface area contributed by atoms with Gasteiger partial charge in [0.2, 0.25) is 0 Å². The molecule has 1 aliphatic rings. The third kappa shape index (κ3) is 4.60. The molecule has 0 aromatic heterocycles. The summed E-state index contributed by atoms with van der Waals surface area (Å²) in [7, 11) is 0. The first-order valence-electron chi connectivity index (χ1n) is 6.72. The normalized spacial score (nSPS) is 19.2. The van der Waals surface area contributed by atoms with Crippen LogP contribution in [0.3, 0.4) is 0 Å². The number of aliphatic carboxylic acids is 1. The third-order valence-electron chi connectivity index (χ3n) is 3.74. The van der Waals surface area contributed by atoms with Gasteiger partial charge in [-0.1, -0.05) is 26.7 Å². The fourth-order valence-corrected chi connectivity index (χ4v) is 3.33. The van der Waals surface area contributed by atoms with Crippen LogP contribution in [0.25, 0.3) is 0 Å². The average molecular weight is 288 g/mol. The summed E-state index contributed by atoms with van der Waals surface area (Å²) in [5.41, 5.74) is 0. The van der Waals surface area contributed by atoms with Crippen molar-refractivity contribution < 1.29 is 14.7 Å². The summed E-state index contributed by atoms with van der Waals surface area (Å²) in [6.45, 7) is 4.16. The predicted octanol–water partition coefficient (Wildman–Crippen LogP) is 2.07. The second kappa shape index (κ2) is 7.03. The standard InChI is InChI=1S/C13H24N2O3S/c1-9(2)10(11(16)17)15-12(18)14-8-13(19-3)6-4-5-7-13/h9-10H,4-8H2,1-3H3,(H,16,17)(H2,14,15,18). The van der Waals surface area contributed by atoms with E-state index < -0.39 is 12.0 Å². The van der Waals surface area contributed by atoms with Crippen molar-refractivity contribution in [3.05, 3.63) is 0 Å². The van der Waals surface area contributed by atoms with Crippen LogP contribution >= 0.6 is 11.8 Å². The van der Waals surface area contributed by atoms with E-state index in [0.717, 1.165) is 12.8 Å². The summed E-state index contributed by atoms with van der Waals surface area (Å²) in [4.78, 5) is 22.8. The van der Waals surface area contributed by atoms with Crippen LogP contribution in [-0.2, 0) is 4.79 Å². The van der Waals surface area contributed by atoms with Gasteiger partial charge in [0.1, 0.15) is 6.04 Å². The molecule has 1 unspecified atom stereocenters. The molecule has 1 saturated carbocycles. The number of carbonyl (C=O) groups excluding carboxylic acids is 1. The molecule has 1 rings (SSSR count). The van der Waals surface area contributed by atoms with Crippen molar-refractivity contribution >= 4 is 23.8 Å². The zero-order chi connectivity index (χ0) is 14.5. The first-order valence-corrected chi connectivity index (χ1v) is 7.95. The molecule has 1 fully saturated rings. The molecule has 2 amide bonds. The van der Waals surface area contributed by atoms with Crippen molar-refractivity contribution in [3.63, 3.8) is 0 Å². The van der Waals surface area contributed by atoms with Gasteiger partial charge in [0.25, 0.3) is 0 Å². The van der Waals surface area contributed by atoms with Crippen LogP contribution < -0.4 is 10.6 Å². The number of urea groups is 1. The van der Waals surface area contributed by atoms with Gasteiger partial charge in [-0.25, -0.2) is 9.59 Å². The molecule has 0 aromatic rings. The van der Waals surface area contributed by atoms with Crippen molar-refractivity contribution in [1.29, 1.82) is 0 Å². The Hall–Kier alpha value is -0.910. The maximum Gasteiger partial charge on any atom is 0.326 e. The molecule has 0 aliphatic heterocycles. The van der Waals surface area contributed by atoms with E-state index in [-0.39, 0.29) is 16.7 Å². The highest BCUT2D eigenvalue weighted by atomic mass is 32.2. The Morgan fingerprint density at radius 1 is 1.32 bits per heavy atom. The molecule has 0 radical (unpaired) electrons. The summed E-state index contributed by atoms with van der Waals surface area (Å²) in [6, 6.07) is -1.23. The number of amides is 2. The molecule has 0 saturated heterocycles. The lowest BCUT2D eigenvalue weighted by molar-refractivity contribution is -0.140. The number of nitrogens with one attached hydrogen (secondary N) is 2. The number of carboxylic acid groups (broad SMARTS) is 1. The number of thioether (sulfide) groups is 1. The summed E-state index contributed by atoms with van der Waals surface area (Å²) in [5, 5.41) is 14.4. The van der Waals surface area contributed by atoms with Gasteiger partial charge in [-0.3, -0.25) is 0 Å². The number of rotatable bonds is 6. The molecular weight excluding hydrogens is 264 g/mol. The number of hydrogen-bond donors (Lipinski definition) is 3. The van der Waals surface area contributed by atoms with E-state index in [2.05, 4.69) is 16.9 Å². The van der Waals surface area contributed by atoms with E-state index in [9.17, 15) is 9.59 Å². The minimum atomic E-state index is -0.995. The molecule has 0 spiro atoms. The first-order chi connectivity index (χ1) is 8.90. The summed E-state index contributed by atoms with van der Waals surface area (Å²) >= 11 is 1.79. The van der Waals surface area contributed by atoms with Gasteiger partial charge in [-0.2, -0.15) is 11.8 Å². The van der Waals surface area contributed by atoms with E-state index in [1.807, 2.05) is 0 Å². The topological polar surface area (TPSA) is 78.4 Å². The van der Waals surface area contributed by atoms with Crippen molar-refractivity contribution in [3.8, 4) is 0 Å². The Morgan fingerprint density at radius 2 is 1.89 bits per heavy atom. The zero-order valence-corrected chi connectivity index (χ0v) is 12.7. The van der Waals surface area contributed by atoms with Crippen LogP contribution in [0.2, 0.25) is 0 Å². The molecule has 19 heavy (non-hydrogen) atoms. The second-order valence-electron chi connectivity index (χ2n) is 5.48. The van der Waals surface area contributed by atoms with Crippen LogP contribution in [-0.4, -0.2) is 40.7 Å². The number of hydrogen-bond acceptors (Lipinski definition) is 3. The largest absolute Gasteiger partial charge is 0.480 e. The molecule has 1 aliphatic carbocycles. The van der Waals surface area contributed by atoms with Crippen LogP contribution in [0, 0.1) is 5.92 Å². The quantitative estimate of drug-likeness (QED) is 0.699. The molecule has 6 heteroatoms. The Bertz CT molecular complexity index is 328. The van der Waals surface area contributed by atoms with Gasteiger partial charge in [-0.15, -0.1) is 0 Å². The zero-order valence-electron chi connectivity index (χ0n) is 11.9. The van der Waals surface area contributed by atoms with Crippen LogP contribution in [0.1, 0.15) is 39.5 Å². The van der Waals surface area contributed by atoms with Crippen molar-refractivity contribution in [2.75, 3.05) is 12.8 Å². The second-order valence-corrected chi connectivity index (χ2v) is 6.76. The number of carbonyl (C=O) groups is 2. The van der Waals surface area contributed by atoms with Crippen molar-refractivity contribution in [2.45, 2.75) is 50.3 Å². The van der Waals surface area contributed by atoms with E-state index in [1.165, 1.54) is 12.8 Å². The Kier molecular flexibility index (Phi) is 5.97. The van der Waals surface area contributed by atoms with Gasteiger partial charge in [0.15, 0.2) is 0 Å². The molecule has 0 bridgehead atoms. The summed E-state index contributed by atoms with van der Waals surface area (Å²) in [6.07, 6.45) is 6.70. The molecule has 0 aromatic carbocycles. The lowest BCUT2D eigenvalue weighted by atomic mass is 10.1. The summed E-state index contributed by atoms with van der Waals surface area (Å²) < 4.78 is 0.133. The van der Waals surface area contributed by atoms with Crippen LogP contribution in [0.4, 0.5) is 4.79 Å². The third-order valence-corrected chi connectivity index (χ3v) is 5.16. The summed E-state index contributed by atoms with van der Waals surface area (Å²) in [5.74, 6) is -1.13. The smallest absolute Gasteiger partial charge is 0.326 e. The maximum absolute atomic E-state index is 11.8. The maximum atomic E-state index is 11.8. The highest BCUT2D eigenvalue weighted by Gasteiger charge is 2.33. The molecular formula is C13H24N2O3S. The average Bonchev–Trinajstić information content (AvgIpc) is 2.82. The lowest BCUT2D eigenvalue weighted by Crippen LogP contribution is -2.51. The Labute approximate surface area is 118 Å². The highest BCUT2D eigenvalue weighted by molar-refractivity contribution is 8.00. The van der Waals surface area contributed by atoms with E-state index in [4.69, 9.17) is 5.11 Å². The Morgan fingerprint density at radius 3 is 2.32 bits per heavy atom. The van der Waals surface area contributed by atoms with E-state index in [0.29, 0.717) is 6.54 Å². The van der Waals surface area contributed by atoms with Crippen LogP contribution in [0.5, 0.6) is 0 Å². The van der Waals surface area contributed by atoms with E-state index >= 15 is 0 Å². The molecule has 1 atom stereocenters. The number of carboxylic acids is 1. The fourth-order valence-electron chi connectivity index (χ4n) is 2.42. The first kappa shape index (κ1) is 16.1. The van der Waals surface area contributed by atoms with Gasteiger partial charge < -0.3 is 15.7 Å². The molecule has 0 heterocycles.